The van der Waals surface area contributed by atoms with Crippen LogP contribution >= 0.6 is 0 Å². The number of primary amides is 1. The summed E-state index contributed by atoms with van der Waals surface area (Å²) in [6.07, 6.45) is 2.21. The van der Waals surface area contributed by atoms with E-state index in [9.17, 15) is 9.59 Å². The van der Waals surface area contributed by atoms with Crippen LogP contribution in [0.4, 0.5) is 0 Å². The molecule has 0 radical (unpaired) electrons. The molecule has 0 bridgehead atoms. The molecule has 1 aromatic rings. The van der Waals surface area contributed by atoms with Gasteiger partial charge in [0.2, 0.25) is 5.91 Å². The second-order valence-electron chi connectivity index (χ2n) is 5.01. The first-order chi connectivity index (χ1) is 9.60. The highest BCUT2D eigenvalue weighted by Gasteiger charge is 2.30. The molecule has 2 rings (SSSR count). The molecule has 1 aliphatic carbocycles. The third kappa shape index (κ3) is 4.06. The summed E-state index contributed by atoms with van der Waals surface area (Å²) >= 11 is 0. The zero-order valence-electron chi connectivity index (χ0n) is 11.7. The molecule has 20 heavy (non-hydrogen) atoms. The van der Waals surface area contributed by atoms with Gasteiger partial charge in [-0.15, -0.1) is 0 Å². The van der Waals surface area contributed by atoms with E-state index in [0.29, 0.717) is 31.3 Å². The predicted molar refractivity (Wildman–Crippen MR) is 75.0 cm³/mol. The molecule has 0 atom stereocenters. The van der Waals surface area contributed by atoms with Gasteiger partial charge >= 0.3 is 5.97 Å². The lowest BCUT2D eigenvalue weighted by Crippen LogP contribution is -2.32. The number of carbonyl (C=O) groups is 2. The molecule has 1 aliphatic rings. The second kappa shape index (κ2) is 6.52. The summed E-state index contributed by atoms with van der Waals surface area (Å²) in [6, 6.07) is 7.66. The monoisotopic (exact) mass is 276 g/mol. The number of ether oxygens (including phenoxy) is 1. The molecular weight excluding hydrogens is 256 g/mol. The third-order valence-electron chi connectivity index (χ3n) is 3.30. The van der Waals surface area contributed by atoms with Gasteiger partial charge in [0.25, 0.3) is 0 Å². The molecule has 0 aromatic heterocycles. The Morgan fingerprint density at radius 3 is 2.75 bits per heavy atom. The lowest BCUT2D eigenvalue weighted by Gasteiger charge is -2.21. The van der Waals surface area contributed by atoms with Crippen LogP contribution in [-0.4, -0.2) is 36.0 Å². The van der Waals surface area contributed by atoms with Gasteiger partial charge in [0.05, 0.1) is 13.2 Å². The zero-order chi connectivity index (χ0) is 14.5. The Morgan fingerprint density at radius 1 is 1.40 bits per heavy atom. The van der Waals surface area contributed by atoms with Crippen LogP contribution in [0.5, 0.6) is 0 Å². The molecule has 1 aromatic carbocycles. The standard InChI is InChI=1S/C15H20N2O3/c1-2-20-14(18)10-17(13-6-7-13)9-11-4-3-5-12(8-11)15(16)19/h3-5,8,13H,2,6-7,9-10H2,1H3,(H2,16,19). The van der Waals surface area contributed by atoms with E-state index in [4.69, 9.17) is 10.5 Å². The van der Waals surface area contributed by atoms with Gasteiger partial charge in [-0.25, -0.2) is 0 Å². The molecule has 1 fully saturated rings. The number of rotatable bonds is 7. The molecule has 108 valence electrons. The van der Waals surface area contributed by atoms with Gasteiger partial charge in [0.15, 0.2) is 0 Å². The van der Waals surface area contributed by atoms with Crippen LogP contribution in [0.15, 0.2) is 24.3 Å². The number of nitrogens with zero attached hydrogens (tertiary/aromatic N) is 1. The van der Waals surface area contributed by atoms with Crippen molar-refractivity contribution >= 4 is 11.9 Å². The van der Waals surface area contributed by atoms with Crippen molar-refractivity contribution in [3.63, 3.8) is 0 Å². The van der Waals surface area contributed by atoms with Gasteiger partial charge in [-0.05, 0) is 37.5 Å². The van der Waals surface area contributed by atoms with Crippen molar-refractivity contribution < 1.29 is 14.3 Å². The summed E-state index contributed by atoms with van der Waals surface area (Å²) in [5, 5.41) is 0. The fraction of sp³-hybridized carbons (Fsp3) is 0.467. The highest BCUT2D eigenvalue weighted by atomic mass is 16.5. The highest BCUT2D eigenvalue weighted by molar-refractivity contribution is 5.92. The lowest BCUT2D eigenvalue weighted by atomic mass is 10.1. The topological polar surface area (TPSA) is 72.6 Å². The Balaban J connectivity index is 2.02. The molecule has 5 heteroatoms. The Morgan fingerprint density at radius 2 is 2.15 bits per heavy atom. The van der Waals surface area contributed by atoms with Crippen molar-refractivity contribution in [1.29, 1.82) is 0 Å². The van der Waals surface area contributed by atoms with Gasteiger partial charge < -0.3 is 10.5 Å². The minimum absolute atomic E-state index is 0.203. The third-order valence-corrected chi connectivity index (χ3v) is 3.30. The average molecular weight is 276 g/mol. The molecule has 0 spiro atoms. The molecule has 5 nitrogen and oxygen atoms in total. The van der Waals surface area contributed by atoms with Crippen molar-refractivity contribution in [3.8, 4) is 0 Å². The minimum atomic E-state index is -0.435. The molecular formula is C15H20N2O3. The molecule has 1 amide bonds. The van der Waals surface area contributed by atoms with Gasteiger partial charge in [0.1, 0.15) is 0 Å². The second-order valence-corrected chi connectivity index (χ2v) is 5.01. The van der Waals surface area contributed by atoms with Gasteiger partial charge in [-0.1, -0.05) is 12.1 Å². The molecule has 2 N–H and O–H groups in total. The van der Waals surface area contributed by atoms with Gasteiger partial charge in [-0.3, -0.25) is 14.5 Å². The SMILES string of the molecule is CCOC(=O)CN(Cc1cccc(C(N)=O)c1)C1CC1. The van der Waals surface area contributed by atoms with Crippen LogP contribution in [0.1, 0.15) is 35.7 Å². The predicted octanol–water partition coefficient (Wildman–Crippen LogP) is 1.31. The number of benzene rings is 1. The van der Waals surface area contributed by atoms with Crippen molar-refractivity contribution in [1.82, 2.24) is 4.90 Å². The molecule has 0 unspecified atom stereocenters. The number of hydrogen-bond donors (Lipinski definition) is 1. The largest absolute Gasteiger partial charge is 0.465 e. The number of esters is 1. The summed E-state index contributed by atoms with van der Waals surface area (Å²) < 4.78 is 5.00. The van der Waals surface area contributed by atoms with E-state index in [1.54, 1.807) is 19.1 Å². The summed E-state index contributed by atoms with van der Waals surface area (Å²) in [4.78, 5) is 24.9. The van der Waals surface area contributed by atoms with E-state index in [0.717, 1.165) is 18.4 Å². The Hall–Kier alpha value is -1.88. The first kappa shape index (κ1) is 14.5. The number of amides is 1. The van der Waals surface area contributed by atoms with E-state index >= 15 is 0 Å². The molecule has 0 aliphatic heterocycles. The van der Waals surface area contributed by atoms with Crippen LogP contribution in [0, 0.1) is 0 Å². The smallest absolute Gasteiger partial charge is 0.320 e. The zero-order valence-corrected chi connectivity index (χ0v) is 11.7. The highest BCUT2D eigenvalue weighted by Crippen LogP contribution is 2.28. The van der Waals surface area contributed by atoms with Crippen molar-refractivity contribution in [3.05, 3.63) is 35.4 Å². The molecule has 0 saturated heterocycles. The maximum atomic E-state index is 11.6. The number of hydrogen-bond acceptors (Lipinski definition) is 4. The van der Waals surface area contributed by atoms with Crippen LogP contribution in [0.25, 0.3) is 0 Å². The van der Waals surface area contributed by atoms with E-state index in [-0.39, 0.29) is 5.97 Å². The van der Waals surface area contributed by atoms with E-state index in [1.807, 2.05) is 12.1 Å². The van der Waals surface area contributed by atoms with Gasteiger partial charge in [0, 0.05) is 18.2 Å². The van der Waals surface area contributed by atoms with Crippen molar-refractivity contribution in [2.24, 2.45) is 5.73 Å². The quantitative estimate of drug-likeness (QED) is 0.762. The Labute approximate surface area is 118 Å². The lowest BCUT2D eigenvalue weighted by molar-refractivity contribution is -0.144. The summed E-state index contributed by atoms with van der Waals surface area (Å²) in [5.74, 6) is -0.638. The van der Waals surface area contributed by atoms with Gasteiger partial charge in [-0.2, -0.15) is 0 Å². The fourth-order valence-corrected chi connectivity index (χ4v) is 2.18. The first-order valence-corrected chi connectivity index (χ1v) is 6.88. The van der Waals surface area contributed by atoms with Crippen LogP contribution in [0.2, 0.25) is 0 Å². The van der Waals surface area contributed by atoms with E-state index < -0.39 is 5.91 Å². The number of carbonyl (C=O) groups excluding carboxylic acids is 2. The normalized spacial score (nSPS) is 14.3. The maximum Gasteiger partial charge on any atom is 0.320 e. The average Bonchev–Trinajstić information content (AvgIpc) is 3.23. The Kier molecular flexibility index (Phi) is 4.74. The van der Waals surface area contributed by atoms with E-state index in [2.05, 4.69) is 4.90 Å². The Bertz CT molecular complexity index is 498. The maximum absolute atomic E-state index is 11.6. The molecule has 0 heterocycles. The summed E-state index contributed by atoms with van der Waals surface area (Å²) in [7, 11) is 0. The van der Waals surface area contributed by atoms with Crippen molar-refractivity contribution in [2.75, 3.05) is 13.2 Å². The van der Waals surface area contributed by atoms with Crippen LogP contribution in [-0.2, 0) is 16.1 Å². The fourth-order valence-electron chi connectivity index (χ4n) is 2.18. The summed E-state index contributed by atoms with van der Waals surface area (Å²) in [6.45, 7) is 3.12. The first-order valence-electron chi connectivity index (χ1n) is 6.88. The van der Waals surface area contributed by atoms with Crippen LogP contribution in [0.3, 0.4) is 0 Å². The summed E-state index contributed by atoms with van der Waals surface area (Å²) in [5.41, 5.74) is 6.76. The number of nitrogens with two attached hydrogens (primary N) is 1. The molecule has 1 saturated carbocycles. The van der Waals surface area contributed by atoms with E-state index in [1.165, 1.54) is 0 Å². The minimum Gasteiger partial charge on any atom is -0.465 e. The van der Waals surface area contributed by atoms with Crippen molar-refractivity contribution in [2.45, 2.75) is 32.4 Å². The van der Waals surface area contributed by atoms with Crippen LogP contribution < -0.4 is 5.73 Å².